The molecule has 11 aliphatic rings. The summed E-state index contributed by atoms with van der Waals surface area (Å²) in [6.45, 7) is 14.9. The van der Waals surface area contributed by atoms with Gasteiger partial charge in [-0.25, -0.2) is 0 Å². The Labute approximate surface area is 534 Å². The number of allylic oxidation sites excluding steroid dienone is 2. The van der Waals surface area contributed by atoms with Gasteiger partial charge in [-0.3, -0.25) is 4.79 Å². The molecule has 528 valence electrons. The summed E-state index contributed by atoms with van der Waals surface area (Å²) in [7, 11) is 0. The van der Waals surface area contributed by atoms with E-state index < -0.39 is 209 Å². The Bertz CT molecular complexity index is 2580. The van der Waals surface area contributed by atoms with Gasteiger partial charge in [-0.15, -0.1) is 0 Å². The van der Waals surface area contributed by atoms with E-state index in [0.717, 1.165) is 32.1 Å². The number of esters is 1. The monoisotopic (exact) mass is 1320 g/mol. The van der Waals surface area contributed by atoms with Crippen LogP contribution in [0.25, 0.3) is 0 Å². The number of hydrogen-bond acceptors (Lipinski definition) is 29. The number of aliphatic hydroxyl groups excluding tert-OH is 16. The minimum Gasteiger partial charge on any atom is -0.432 e. The summed E-state index contributed by atoms with van der Waals surface area (Å²) in [4.78, 5) is 15.2. The third-order valence-corrected chi connectivity index (χ3v) is 24.5. The first-order valence-electron chi connectivity index (χ1n) is 32.9. The van der Waals surface area contributed by atoms with Crippen molar-refractivity contribution in [2.75, 3.05) is 33.0 Å². The van der Waals surface area contributed by atoms with Gasteiger partial charge in [0.15, 0.2) is 31.5 Å². The first-order valence-corrected chi connectivity index (χ1v) is 32.9. The molecule has 0 aromatic rings. The van der Waals surface area contributed by atoms with Crippen LogP contribution < -0.4 is 0 Å². The van der Waals surface area contributed by atoms with Crippen LogP contribution in [0.2, 0.25) is 0 Å². The summed E-state index contributed by atoms with van der Waals surface area (Å²) in [5.74, 6) is -0.325. The van der Waals surface area contributed by atoms with E-state index in [0.29, 0.717) is 32.1 Å². The first kappa shape index (κ1) is 71.4. The minimum atomic E-state index is -1.90. The summed E-state index contributed by atoms with van der Waals surface area (Å²) in [6, 6.07) is 0. The molecule has 0 spiro atoms. The van der Waals surface area contributed by atoms with Gasteiger partial charge in [0.05, 0.1) is 50.7 Å². The highest BCUT2D eigenvalue weighted by Gasteiger charge is 2.70. The molecule has 16 N–H and O–H groups in total. The van der Waals surface area contributed by atoms with Crippen LogP contribution in [0.4, 0.5) is 0 Å². The van der Waals surface area contributed by atoms with Gasteiger partial charge in [0.25, 0.3) is 0 Å². The molecule has 0 bridgehead atoms. The Morgan fingerprint density at radius 2 is 0.967 bits per heavy atom. The third kappa shape index (κ3) is 12.2. The van der Waals surface area contributed by atoms with Gasteiger partial charge in [-0.2, -0.15) is 0 Å². The maximum Gasteiger partial charge on any atom is 0.315 e. The SMILES string of the molecule is CC1OC(OC2COC(OC(=O)C34CCC(C)(C)CC3C3=CCC5C6(C)CCC(OC7OCC(OC8OC(CO)C(O)C(O)C8O)C(O)C7O)C(C)(C)C6CCC5(C)C3(C)CC4)C(O)C2O)C(O)C(OC2OCC(OC3OC(CO)C(O)C(O)C3O)C(O)C2O)C1O. The number of carbonyl (C=O) groups is 1. The molecule has 0 aromatic carbocycles. The van der Waals surface area contributed by atoms with Crippen molar-refractivity contribution in [3.8, 4) is 0 Å². The van der Waals surface area contributed by atoms with Crippen LogP contribution in [0.1, 0.15) is 120 Å². The van der Waals surface area contributed by atoms with E-state index in [1.54, 1.807) is 0 Å². The molecule has 10 fully saturated rings. The molecule has 35 atom stereocenters. The zero-order chi connectivity index (χ0) is 66.9. The largest absolute Gasteiger partial charge is 0.432 e. The summed E-state index contributed by atoms with van der Waals surface area (Å²) >= 11 is 0. The van der Waals surface area contributed by atoms with E-state index in [2.05, 4.69) is 54.5 Å². The van der Waals surface area contributed by atoms with Gasteiger partial charge < -0.3 is 139 Å². The van der Waals surface area contributed by atoms with Crippen LogP contribution in [-0.2, 0) is 61.6 Å². The molecule has 35 unspecified atom stereocenters. The van der Waals surface area contributed by atoms with E-state index in [-0.39, 0.29) is 52.1 Å². The van der Waals surface area contributed by atoms with Gasteiger partial charge >= 0.3 is 5.97 Å². The first-order chi connectivity index (χ1) is 43.2. The van der Waals surface area contributed by atoms with E-state index >= 15 is 4.79 Å². The Kier molecular flexibility index (Phi) is 20.7. The van der Waals surface area contributed by atoms with Crippen LogP contribution in [0.15, 0.2) is 11.6 Å². The standard InChI is InChI=1S/C63H102O29/c1-25-36(66)50(91-52-45(75)40(70)31(23-82-52)88-55-48(78)43(73)38(68)29(21-65)86-55)49(79)56(84-25)89-32-24-83-53(46(76)41(32)71)92-57(80)63-17-15-58(2,3)19-27(63)26-9-10-34-60(6)13-12-35(59(4,5)33(60)11-14-62(34,8)61(26,7)16-18-63)90-51-44(74)39(69)30(22-81-51)87-54-47(77)42(72)37(67)28(20-64)85-54/h9,25,27-56,64-79H,10-24H2,1-8H3. The van der Waals surface area contributed by atoms with E-state index in [1.165, 1.54) is 12.5 Å². The van der Waals surface area contributed by atoms with Crippen LogP contribution in [0.5, 0.6) is 0 Å². The van der Waals surface area contributed by atoms with Gasteiger partial charge in [0.2, 0.25) is 6.29 Å². The molecular formula is C63H102O29. The average molecular weight is 1320 g/mol. The van der Waals surface area contributed by atoms with E-state index in [4.69, 9.17) is 56.8 Å². The van der Waals surface area contributed by atoms with Crippen molar-refractivity contribution < 1.29 is 143 Å². The van der Waals surface area contributed by atoms with Crippen molar-refractivity contribution in [2.45, 2.75) is 292 Å². The normalized spacial score (nSPS) is 54.3. The van der Waals surface area contributed by atoms with Crippen LogP contribution in [0, 0.1) is 50.2 Å². The van der Waals surface area contributed by atoms with Crippen molar-refractivity contribution in [3.63, 3.8) is 0 Å². The fourth-order valence-corrected chi connectivity index (χ4v) is 18.5. The van der Waals surface area contributed by atoms with Crippen molar-refractivity contribution in [2.24, 2.45) is 50.2 Å². The van der Waals surface area contributed by atoms with Crippen LogP contribution in [0.3, 0.4) is 0 Å². The number of rotatable bonds is 14. The number of ether oxygens (including phenoxy) is 12. The molecule has 4 saturated carbocycles. The van der Waals surface area contributed by atoms with Gasteiger partial charge in [0.1, 0.15) is 122 Å². The van der Waals surface area contributed by atoms with Crippen LogP contribution in [-0.4, -0.2) is 293 Å². The Morgan fingerprint density at radius 1 is 0.489 bits per heavy atom. The quantitative estimate of drug-likeness (QED) is 0.0457. The number of fused-ring (bicyclic) bond motifs is 7. The van der Waals surface area contributed by atoms with E-state index in [9.17, 15) is 81.7 Å². The number of aliphatic hydroxyl groups is 16. The molecule has 0 amide bonds. The molecule has 5 aliphatic carbocycles. The molecule has 6 heterocycles. The third-order valence-electron chi connectivity index (χ3n) is 24.5. The van der Waals surface area contributed by atoms with Crippen molar-refractivity contribution in [1.29, 1.82) is 0 Å². The Balaban J connectivity index is 0.715. The second kappa shape index (κ2) is 26.7. The van der Waals surface area contributed by atoms with Crippen molar-refractivity contribution in [3.05, 3.63) is 11.6 Å². The summed E-state index contributed by atoms with van der Waals surface area (Å²) in [5, 5.41) is 172. The lowest BCUT2D eigenvalue weighted by molar-refractivity contribution is -0.372. The smallest absolute Gasteiger partial charge is 0.315 e. The molecule has 0 aromatic heterocycles. The van der Waals surface area contributed by atoms with Gasteiger partial charge in [-0.05, 0) is 116 Å². The predicted octanol–water partition coefficient (Wildman–Crippen LogP) is -3.44. The molecule has 11 rings (SSSR count). The summed E-state index contributed by atoms with van der Waals surface area (Å²) < 4.78 is 70.4. The Morgan fingerprint density at radius 3 is 1.50 bits per heavy atom. The van der Waals surface area contributed by atoms with Gasteiger partial charge in [-0.1, -0.05) is 60.1 Å². The zero-order valence-corrected chi connectivity index (χ0v) is 53.5. The average Bonchev–Trinajstić information content (AvgIpc) is 0.677. The summed E-state index contributed by atoms with van der Waals surface area (Å²) in [6.07, 6.45) is -33.5. The molecule has 0 radical (unpaired) electrons. The van der Waals surface area contributed by atoms with Crippen molar-refractivity contribution >= 4 is 5.97 Å². The maximum absolute atomic E-state index is 15.2. The molecule has 29 nitrogen and oxygen atoms in total. The molecular weight excluding hydrogens is 1220 g/mol. The topological polar surface area (TPSA) is 452 Å². The molecule has 29 heteroatoms. The van der Waals surface area contributed by atoms with Crippen LogP contribution >= 0.6 is 0 Å². The fourth-order valence-electron chi connectivity index (χ4n) is 18.5. The highest BCUT2D eigenvalue weighted by atomic mass is 16.8. The zero-order valence-electron chi connectivity index (χ0n) is 53.5. The number of carbonyl (C=O) groups excluding carboxylic acids is 1. The molecule has 6 aliphatic heterocycles. The predicted molar refractivity (Wildman–Crippen MR) is 309 cm³/mol. The molecule has 6 saturated heterocycles. The molecule has 92 heavy (non-hydrogen) atoms. The number of hydrogen-bond donors (Lipinski definition) is 16. The fraction of sp³-hybridized carbons (Fsp3) is 0.952. The lowest BCUT2D eigenvalue weighted by Gasteiger charge is -2.71. The second-order valence-corrected chi connectivity index (χ2v) is 30.5. The van der Waals surface area contributed by atoms with E-state index in [1.807, 2.05) is 0 Å². The van der Waals surface area contributed by atoms with Crippen molar-refractivity contribution in [1.82, 2.24) is 0 Å². The summed E-state index contributed by atoms with van der Waals surface area (Å²) in [5.41, 5.74) is -0.956. The lowest BCUT2D eigenvalue weighted by atomic mass is 9.33. The van der Waals surface area contributed by atoms with Gasteiger partial charge in [0, 0.05) is 0 Å². The minimum absolute atomic E-state index is 0.130. The Hall–Kier alpha value is -1.87. The lowest BCUT2D eigenvalue weighted by Crippen LogP contribution is -2.66. The highest BCUT2D eigenvalue weighted by Crippen LogP contribution is 2.76. The maximum atomic E-state index is 15.2. The second-order valence-electron chi connectivity index (χ2n) is 30.5. The highest BCUT2D eigenvalue weighted by molar-refractivity contribution is 5.79.